The third-order valence-electron chi connectivity index (χ3n) is 3.33. The Morgan fingerprint density at radius 1 is 1.22 bits per heavy atom. The summed E-state index contributed by atoms with van der Waals surface area (Å²) in [6.07, 6.45) is 1.54. The monoisotopic (exact) mass is 312 g/mol. The maximum absolute atomic E-state index is 13.2. The van der Waals surface area contributed by atoms with E-state index in [0.29, 0.717) is 22.6 Å². The minimum Gasteiger partial charge on any atom is -0.478 e. The van der Waals surface area contributed by atoms with Gasteiger partial charge < -0.3 is 14.8 Å². The highest BCUT2D eigenvalue weighted by molar-refractivity contribution is 5.88. The molecule has 0 radical (unpaired) electrons. The van der Waals surface area contributed by atoms with E-state index >= 15 is 0 Å². The highest BCUT2D eigenvalue weighted by atomic mass is 19.1. The van der Waals surface area contributed by atoms with Gasteiger partial charge in [0.1, 0.15) is 5.82 Å². The Labute approximate surface area is 131 Å². The van der Waals surface area contributed by atoms with Crippen molar-refractivity contribution in [3.05, 3.63) is 65.6 Å². The first-order valence-corrected chi connectivity index (χ1v) is 6.85. The lowest BCUT2D eigenvalue weighted by Crippen LogP contribution is -1.94. The Bertz CT molecular complexity index is 857. The molecule has 1 heterocycles. The van der Waals surface area contributed by atoms with Gasteiger partial charge in [-0.3, -0.25) is 0 Å². The van der Waals surface area contributed by atoms with Gasteiger partial charge in [0.2, 0.25) is 0 Å². The van der Waals surface area contributed by atoms with Crippen molar-refractivity contribution in [2.24, 2.45) is 0 Å². The number of carboxylic acid groups (broad SMARTS) is 1. The van der Waals surface area contributed by atoms with E-state index in [1.54, 1.807) is 31.2 Å². The number of nitrogens with zero attached hydrogens (tertiary/aromatic N) is 1. The summed E-state index contributed by atoms with van der Waals surface area (Å²) in [6, 6.07) is 11.2. The number of aromatic carboxylic acids is 1. The molecule has 3 aromatic rings. The van der Waals surface area contributed by atoms with Crippen LogP contribution in [-0.4, -0.2) is 16.1 Å². The molecule has 3 rings (SSSR count). The first kappa shape index (κ1) is 14.8. The lowest BCUT2D eigenvalue weighted by atomic mass is 10.1. The van der Waals surface area contributed by atoms with Gasteiger partial charge in [-0.1, -0.05) is 12.1 Å². The lowest BCUT2D eigenvalue weighted by molar-refractivity contribution is 0.0697. The number of hydrogen-bond donors (Lipinski definition) is 2. The third-order valence-corrected chi connectivity index (χ3v) is 3.33. The Kier molecular flexibility index (Phi) is 3.80. The molecule has 0 unspecified atom stereocenters. The van der Waals surface area contributed by atoms with Gasteiger partial charge in [-0.25, -0.2) is 14.2 Å². The second kappa shape index (κ2) is 5.92. The third kappa shape index (κ3) is 3.21. The summed E-state index contributed by atoms with van der Waals surface area (Å²) in [5, 5.41) is 11.8. The average molecular weight is 312 g/mol. The number of benzene rings is 2. The topological polar surface area (TPSA) is 75.4 Å². The van der Waals surface area contributed by atoms with E-state index in [1.807, 2.05) is 0 Å². The standard InChI is InChI=1S/C17H13FN2O3/c1-10-8-13(6-7-14(10)18)20-17-19-9-15(23-17)11-2-4-12(5-3-11)16(21)22/h2-9H,1H3,(H,19,20)(H,21,22). The quantitative estimate of drug-likeness (QED) is 0.754. The van der Waals surface area contributed by atoms with Gasteiger partial charge in [0.15, 0.2) is 5.76 Å². The summed E-state index contributed by atoms with van der Waals surface area (Å²) < 4.78 is 18.8. The maximum Gasteiger partial charge on any atom is 0.335 e. The molecule has 0 aliphatic carbocycles. The van der Waals surface area contributed by atoms with Gasteiger partial charge in [-0.05, 0) is 42.8 Å². The van der Waals surface area contributed by atoms with E-state index in [1.165, 1.54) is 24.4 Å². The molecule has 0 saturated heterocycles. The largest absolute Gasteiger partial charge is 0.478 e. The molecule has 1 aromatic heterocycles. The van der Waals surface area contributed by atoms with E-state index in [4.69, 9.17) is 9.52 Å². The second-order valence-electron chi connectivity index (χ2n) is 5.00. The molecule has 0 fully saturated rings. The minimum atomic E-state index is -0.983. The molecule has 0 bridgehead atoms. The van der Waals surface area contributed by atoms with Crippen LogP contribution in [0.5, 0.6) is 0 Å². The molecule has 6 heteroatoms. The number of aromatic nitrogens is 1. The average Bonchev–Trinajstić information content (AvgIpc) is 2.99. The maximum atomic E-state index is 13.2. The van der Waals surface area contributed by atoms with Crippen molar-refractivity contribution >= 4 is 17.7 Å². The molecule has 116 valence electrons. The number of halogens is 1. The van der Waals surface area contributed by atoms with Crippen molar-refractivity contribution in [2.75, 3.05) is 5.32 Å². The zero-order chi connectivity index (χ0) is 16.4. The van der Waals surface area contributed by atoms with E-state index < -0.39 is 5.97 Å². The van der Waals surface area contributed by atoms with Crippen molar-refractivity contribution in [1.29, 1.82) is 0 Å². The zero-order valence-corrected chi connectivity index (χ0v) is 12.2. The van der Waals surface area contributed by atoms with Gasteiger partial charge in [0, 0.05) is 11.3 Å². The second-order valence-corrected chi connectivity index (χ2v) is 5.00. The van der Waals surface area contributed by atoms with E-state index in [0.717, 1.165) is 0 Å². The normalized spacial score (nSPS) is 10.5. The van der Waals surface area contributed by atoms with Crippen LogP contribution in [0.3, 0.4) is 0 Å². The Morgan fingerprint density at radius 2 is 1.96 bits per heavy atom. The summed E-state index contributed by atoms with van der Waals surface area (Å²) in [5.74, 6) is -0.756. The molecule has 0 amide bonds. The van der Waals surface area contributed by atoms with Crippen LogP contribution in [-0.2, 0) is 0 Å². The SMILES string of the molecule is Cc1cc(Nc2ncc(-c3ccc(C(=O)O)cc3)o2)ccc1F. The highest BCUT2D eigenvalue weighted by Crippen LogP contribution is 2.25. The number of carbonyl (C=O) groups is 1. The molecule has 0 aliphatic heterocycles. The van der Waals surface area contributed by atoms with E-state index in [-0.39, 0.29) is 17.4 Å². The van der Waals surface area contributed by atoms with Crippen LogP contribution in [0.1, 0.15) is 15.9 Å². The summed E-state index contributed by atoms with van der Waals surface area (Å²) in [6.45, 7) is 1.67. The smallest absolute Gasteiger partial charge is 0.335 e. The van der Waals surface area contributed by atoms with Crippen molar-refractivity contribution in [2.45, 2.75) is 6.92 Å². The molecular weight excluding hydrogens is 299 g/mol. The summed E-state index contributed by atoms with van der Waals surface area (Å²) in [4.78, 5) is 14.9. The fourth-order valence-corrected chi connectivity index (χ4v) is 2.09. The van der Waals surface area contributed by atoms with Crippen LogP contribution in [0.2, 0.25) is 0 Å². The summed E-state index contributed by atoms with van der Waals surface area (Å²) in [5.41, 5.74) is 2.10. The zero-order valence-electron chi connectivity index (χ0n) is 12.2. The molecule has 0 spiro atoms. The van der Waals surface area contributed by atoms with Gasteiger partial charge in [-0.2, -0.15) is 0 Å². The van der Waals surface area contributed by atoms with Crippen LogP contribution in [0.4, 0.5) is 16.1 Å². The fourth-order valence-electron chi connectivity index (χ4n) is 2.09. The number of carboxylic acids is 1. The van der Waals surface area contributed by atoms with Gasteiger partial charge >= 0.3 is 5.97 Å². The number of nitrogens with one attached hydrogen (secondary N) is 1. The fraction of sp³-hybridized carbons (Fsp3) is 0.0588. The molecule has 0 aliphatic rings. The van der Waals surface area contributed by atoms with Crippen molar-refractivity contribution < 1.29 is 18.7 Å². The molecule has 2 N–H and O–H groups in total. The molecule has 0 atom stereocenters. The molecule has 23 heavy (non-hydrogen) atoms. The number of rotatable bonds is 4. The first-order valence-electron chi connectivity index (χ1n) is 6.85. The Hall–Kier alpha value is -3.15. The summed E-state index contributed by atoms with van der Waals surface area (Å²) >= 11 is 0. The van der Waals surface area contributed by atoms with Gasteiger partial charge in [-0.15, -0.1) is 0 Å². The van der Waals surface area contributed by atoms with Crippen LogP contribution >= 0.6 is 0 Å². The number of aryl methyl sites for hydroxylation is 1. The van der Waals surface area contributed by atoms with E-state index in [9.17, 15) is 9.18 Å². The number of oxazole rings is 1. The Balaban J connectivity index is 1.79. The van der Waals surface area contributed by atoms with Crippen molar-refractivity contribution in [1.82, 2.24) is 4.98 Å². The molecule has 5 nitrogen and oxygen atoms in total. The van der Waals surface area contributed by atoms with Crippen LogP contribution in [0.25, 0.3) is 11.3 Å². The minimum absolute atomic E-state index is 0.202. The van der Waals surface area contributed by atoms with Gasteiger partial charge in [0.25, 0.3) is 6.01 Å². The molecule has 0 saturated carbocycles. The highest BCUT2D eigenvalue weighted by Gasteiger charge is 2.09. The summed E-state index contributed by atoms with van der Waals surface area (Å²) in [7, 11) is 0. The number of anilines is 2. The molecule has 2 aromatic carbocycles. The van der Waals surface area contributed by atoms with E-state index in [2.05, 4.69) is 10.3 Å². The van der Waals surface area contributed by atoms with Crippen LogP contribution < -0.4 is 5.32 Å². The van der Waals surface area contributed by atoms with Crippen LogP contribution in [0.15, 0.2) is 53.1 Å². The molecular formula is C17H13FN2O3. The number of hydrogen-bond acceptors (Lipinski definition) is 4. The first-order chi connectivity index (χ1) is 11.0. The lowest BCUT2D eigenvalue weighted by Gasteiger charge is -2.03. The predicted octanol–water partition coefficient (Wildman–Crippen LogP) is 4.23. The Morgan fingerprint density at radius 3 is 2.61 bits per heavy atom. The van der Waals surface area contributed by atoms with Crippen LogP contribution in [0, 0.1) is 12.7 Å². The van der Waals surface area contributed by atoms with Gasteiger partial charge in [0.05, 0.1) is 11.8 Å². The van der Waals surface area contributed by atoms with Crippen molar-refractivity contribution in [3.8, 4) is 11.3 Å². The van der Waals surface area contributed by atoms with Crippen molar-refractivity contribution in [3.63, 3.8) is 0 Å². The predicted molar refractivity (Wildman–Crippen MR) is 83.3 cm³/mol.